The Kier molecular flexibility index (Phi) is 5.05. The summed E-state index contributed by atoms with van der Waals surface area (Å²) >= 11 is 1.55. The average Bonchev–Trinajstić information content (AvgIpc) is 3.36. The summed E-state index contributed by atoms with van der Waals surface area (Å²) in [5, 5.41) is 2.81. The second-order valence-electron chi connectivity index (χ2n) is 7.10. The van der Waals surface area contributed by atoms with Gasteiger partial charge in [0.05, 0.1) is 5.56 Å². The van der Waals surface area contributed by atoms with Crippen molar-refractivity contribution in [3.05, 3.63) is 59.6 Å². The van der Waals surface area contributed by atoms with Crippen LogP contribution >= 0.6 is 11.3 Å². The average molecular weight is 394 g/mol. The molecule has 0 fully saturated rings. The molecule has 2 aromatic heterocycles. The molecule has 0 atom stereocenters. The summed E-state index contributed by atoms with van der Waals surface area (Å²) in [5.41, 5.74) is 2.88. The maximum absolute atomic E-state index is 6.05. The van der Waals surface area contributed by atoms with Gasteiger partial charge in [0, 0.05) is 11.6 Å². The molecule has 0 amide bonds. The third-order valence-corrected chi connectivity index (χ3v) is 5.41. The van der Waals surface area contributed by atoms with Crippen LogP contribution in [0, 0.1) is 0 Å². The van der Waals surface area contributed by atoms with E-state index in [1.807, 2.05) is 61.7 Å². The lowest BCUT2D eigenvalue weighted by atomic mass is 10.1. The van der Waals surface area contributed by atoms with Gasteiger partial charge in [0.25, 0.3) is 0 Å². The van der Waals surface area contributed by atoms with E-state index in [1.54, 1.807) is 17.5 Å². The molecule has 0 aliphatic heterocycles. The van der Waals surface area contributed by atoms with E-state index < -0.39 is 0 Å². The van der Waals surface area contributed by atoms with Gasteiger partial charge in [-0.1, -0.05) is 37.3 Å². The van der Waals surface area contributed by atoms with Crippen LogP contribution < -0.4 is 9.47 Å². The molecule has 0 spiro atoms. The quantitative estimate of drug-likeness (QED) is 0.379. The van der Waals surface area contributed by atoms with E-state index in [-0.39, 0.29) is 11.7 Å². The van der Waals surface area contributed by atoms with E-state index in [2.05, 4.69) is 16.9 Å². The predicted molar refractivity (Wildman–Crippen MR) is 111 cm³/mol. The molecular weight excluding hydrogens is 372 g/mol. The predicted octanol–water partition coefficient (Wildman–Crippen LogP) is 6.10. The fraction of sp³-hybridized carbons (Fsp3) is 0.273. The molecule has 0 unspecified atom stereocenters. The summed E-state index contributed by atoms with van der Waals surface area (Å²) in [6.07, 6.45) is 2.86. The van der Waals surface area contributed by atoms with Gasteiger partial charge in [0.1, 0.15) is 23.0 Å². The van der Waals surface area contributed by atoms with Crippen molar-refractivity contribution < 1.29 is 13.9 Å². The van der Waals surface area contributed by atoms with Crippen molar-refractivity contribution in [3.8, 4) is 22.4 Å². The highest BCUT2D eigenvalue weighted by Gasteiger charge is 2.23. The van der Waals surface area contributed by atoms with Crippen LogP contribution in [-0.4, -0.2) is 15.6 Å². The fourth-order valence-corrected chi connectivity index (χ4v) is 3.35. The van der Waals surface area contributed by atoms with Gasteiger partial charge in [0.15, 0.2) is 11.1 Å². The summed E-state index contributed by atoms with van der Waals surface area (Å²) in [4.78, 5) is 9.00. The lowest BCUT2D eigenvalue weighted by Crippen LogP contribution is -2.26. The Morgan fingerprint density at radius 2 is 1.93 bits per heavy atom. The standard InChI is InChI=1S/C22H22N2O3S/c1-4-22(2,3)27-21-24-18-17(25-14-15-8-6-5-7-9-15)11-10-16(19(18)26-21)20-23-12-13-28-20/h5-13H,4,14H2,1-3H3. The zero-order chi connectivity index (χ0) is 19.6. The van der Waals surface area contributed by atoms with Crippen LogP contribution in [0.4, 0.5) is 0 Å². The Balaban J connectivity index is 1.73. The molecule has 0 saturated heterocycles. The number of hydrogen-bond acceptors (Lipinski definition) is 6. The number of fused-ring (bicyclic) bond motifs is 1. The number of hydrogen-bond donors (Lipinski definition) is 0. The summed E-state index contributed by atoms with van der Waals surface area (Å²) < 4.78 is 18.0. The smallest absolute Gasteiger partial charge is 0.395 e. The molecule has 144 valence electrons. The van der Waals surface area contributed by atoms with Crippen LogP contribution in [0.2, 0.25) is 0 Å². The van der Waals surface area contributed by atoms with Gasteiger partial charge in [-0.3, -0.25) is 0 Å². The van der Waals surface area contributed by atoms with Gasteiger partial charge in [0.2, 0.25) is 0 Å². The van der Waals surface area contributed by atoms with Crippen LogP contribution in [-0.2, 0) is 6.61 Å². The van der Waals surface area contributed by atoms with Crippen molar-refractivity contribution in [2.75, 3.05) is 0 Å². The van der Waals surface area contributed by atoms with Crippen molar-refractivity contribution >= 4 is 22.4 Å². The third kappa shape index (κ3) is 3.87. The molecule has 0 saturated carbocycles. The lowest BCUT2D eigenvalue weighted by molar-refractivity contribution is 0.0690. The highest BCUT2D eigenvalue weighted by molar-refractivity contribution is 7.13. The Morgan fingerprint density at radius 3 is 2.64 bits per heavy atom. The molecule has 4 rings (SSSR count). The van der Waals surface area contributed by atoms with E-state index in [4.69, 9.17) is 13.9 Å². The first-order chi connectivity index (χ1) is 13.6. The van der Waals surface area contributed by atoms with Crippen molar-refractivity contribution in [1.29, 1.82) is 0 Å². The molecule has 0 radical (unpaired) electrons. The molecule has 0 aliphatic carbocycles. The first kappa shape index (κ1) is 18.5. The summed E-state index contributed by atoms with van der Waals surface area (Å²) in [6, 6.07) is 13.9. The molecular formula is C22H22N2O3S. The first-order valence-electron chi connectivity index (χ1n) is 9.25. The van der Waals surface area contributed by atoms with Gasteiger partial charge in [-0.2, -0.15) is 4.98 Å². The van der Waals surface area contributed by atoms with Crippen LogP contribution in [0.5, 0.6) is 11.8 Å². The maximum atomic E-state index is 6.05. The first-order valence-corrected chi connectivity index (χ1v) is 10.1. The minimum Gasteiger partial charge on any atom is -0.486 e. The number of ether oxygens (including phenoxy) is 2. The molecule has 2 aromatic carbocycles. The van der Waals surface area contributed by atoms with Gasteiger partial charge in [-0.25, -0.2) is 4.98 Å². The summed E-state index contributed by atoms with van der Waals surface area (Å²) in [7, 11) is 0. The number of nitrogens with zero attached hydrogens (tertiary/aromatic N) is 2. The van der Waals surface area contributed by atoms with Crippen molar-refractivity contribution in [1.82, 2.24) is 9.97 Å². The summed E-state index contributed by atoms with van der Waals surface area (Å²) in [5.74, 6) is 0.659. The van der Waals surface area contributed by atoms with E-state index in [9.17, 15) is 0 Å². The van der Waals surface area contributed by atoms with Crippen molar-refractivity contribution in [3.63, 3.8) is 0 Å². The van der Waals surface area contributed by atoms with Crippen molar-refractivity contribution in [2.24, 2.45) is 0 Å². The Bertz CT molecular complexity index is 1060. The van der Waals surface area contributed by atoms with Crippen molar-refractivity contribution in [2.45, 2.75) is 39.4 Å². The van der Waals surface area contributed by atoms with E-state index >= 15 is 0 Å². The lowest BCUT2D eigenvalue weighted by Gasteiger charge is -2.21. The SMILES string of the molecule is CCC(C)(C)Oc1nc2c(OCc3ccccc3)ccc(-c3nccs3)c2o1. The minimum atomic E-state index is -0.368. The van der Waals surface area contributed by atoms with E-state index in [0.717, 1.165) is 22.6 Å². The zero-order valence-corrected chi connectivity index (χ0v) is 17.0. The molecule has 0 aliphatic rings. The molecule has 28 heavy (non-hydrogen) atoms. The molecule has 5 nitrogen and oxygen atoms in total. The largest absolute Gasteiger partial charge is 0.486 e. The second kappa shape index (κ2) is 7.64. The normalized spacial score (nSPS) is 11.7. The van der Waals surface area contributed by atoms with Gasteiger partial charge in [-0.15, -0.1) is 11.3 Å². The number of rotatable bonds is 7. The van der Waals surface area contributed by atoms with Gasteiger partial charge >= 0.3 is 6.08 Å². The molecule has 0 N–H and O–H groups in total. The fourth-order valence-electron chi connectivity index (χ4n) is 2.69. The molecule has 6 heteroatoms. The minimum absolute atomic E-state index is 0.246. The topological polar surface area (TPSA) is 57.4 Å². The number of benzene rings is 2. The van der Waals surface area contributed by atoms with Crippen LogP contribution in [0.15, 0.2) is 58.5 Å². The van der Waals surface area contributed by atoms with E-state index in [0.29, 0.717) is 23.5 Å². The molecule has 0 bridgehead atoms. The molecule has 2 heterocycles. The highest BCUT2D eigenvalue weighted by Crippen LogP contribution is 2.38. The third-order valence-electron chi connectivity index (χ3n) is 4.60. The highest BCUT2D eigenvalue weighted by atomic mass is 32.1. The second-order valence-corrected chi connectivity index (χ2v) is 7.99. The zero-order valence-electron chi connectivity index (χ0n) is 16.1. The Hall–Kier alpha value is -2.86. The van der Waals surface area contributed by atoms with Crippen LogP contribution in [0.3, 0.4) is 0 Å². The number of thiazole rings is 1. The van der Waals surface area contributed by atoms with Crippen LogP contribution in [0.25, 0.3) is 21.7 Å². The maximum Gasteiger partial charge on any atom is 0.395 e. The van der Waals surface area contributed by atoms with Crippen LogP contribution in [0.1, 0.15) is 32.8 Å². The molecule has 4 aromatic rings. The Morgan fingerprint density at radius 1 is 1.11 bits per heavy atom. The van der Waals surface area contributed by atoms with Gasteiger partial charge < -0.3 is 13.9 Å². The number of oxazole rings is 1. The summed E-state index contributed by atoms with van der Waals surface area (Å²) in [6.45, 7) is 6.54. The monoisotopic (exact) mass is 394 g/mol. The number of aromatic nitrogens is 2. The van der Waals surface area contributed by atoms with E-state index in [1.165, 1.54) is 0 Å². The van der Waals surface area contributed by atoms with Gasteiger partial charge in [-0.05, 0) is 38.0 Å². The Labute approximate surface area is 168 Å².